The molecule has 0 aromatic heterocycles. The van der Waals surface area contributed by atoms with Crippen LogP contribution in [0.5, 0.6) is 11.5 Å². The minimum atomic E-state index is -0.727. The third-order valence-electron chi connectivity index (χ3n) is 5.45. The minimum absolute atomic E-state index is 0.414. The molecule has 0 spiro atoms. The number of nitrogens with zero attached hydrogens (tertiary/aromatic N) is 1. The Kier molecular flexibility index (Phi) is 8.15. The number of ether oxygens (including phenoxy) is 2. The number of hydrogen-bond acceptors (Lipinski definition) is 5. The Balaban J connectivity index is 1.41. The number of aryl methyl sites for hydroxylation is 1. The Hall–Kier alpha value is -3.22. The average Bonchev–Trinajstić information content (AvgIpc) is 2.82. The van der Waals surface area contributed by atoms with Crippen LogP contribution in [0.25, 0.3) is 0 Å². The second kappa shape index (κ2) is 11.2. The van der Waals surface area contributed by atoms with Gasteiger partial charge in [0.25, 0.3) is 0 Å². The molecule has 1 saturated heterocycles. The molecule has 7 nitrogen and oxygen atoms in total. The highest BCUT2D eigenvalue weighted by molar-refractivity contribution is 6.39. The molecule has 1 aliphatic rings. The van der Waals surface area contributed by atoms with Gasteiger partial charge in [-0.05, 0) is 61.9 Å². The highest BCUT2D eigenvalue weighted by Crippen LogP contribution is 2.28. The molecule has 0 unspecified atom stereocenters. The van der Waals surface area contributed by atoms with E-state index in [0.29, 0.717) is 23.7 Å². The summed E-state index contributed by atoms with van der Waals surface area (Å²) in [6.07, 6.45) is 5.45. The van der Waals surface area contributed by atoms with Crippen LogP contribution in [0, 0.1) is 0 Å². The summed E-state index contributed by atoms with van der Waals surface area (Å²) >= 11 is 0. The summed E-state index contributed by atoms with van der Waals surface area (Å²) in [7, 11) is 3.03. The van der Waals surface area contributed by atoms with Crippen LogP contribution in [0.15, 0.2) is 42.5 Å². The highest BCUT2D eigenvalue weighted by atomic mass is 16.5. The highest BCUT2D eigenvalue weighted by Gasteiger charge is 2.16. The van der Waals surface area contributed by atoms with Crippen molar-refractivity contribution in [3.8, 4) is 11.5 Å². The molecule has 2 aromatic rings. The van der Waals surface area contributed by atoms with Crippen LogP contribution in [-0.2, 0) is 16.0 Å². The SMILES string of the molecule is COc1ccc(NC(=O)C(=O)NCCCc2ccc(N3CCCCC3)cc2)c(OC)c1. The van der Waals surface area contributed by atoms with Crippen LogP contribution in [-0.4, -0.2) is 45.7 Å². The molecule has 1 fully saturated rings. The summed E-state index contributed by atoms with van der Waals surface area (Å²) in [5, 5.41) is 5.24. The van der Waals surface area contributed by atoms with E-state index in [1.807, 2.05) is 0 Å². The van der Waals surface area contributed by atoms with Gasteiger partial charge in [0.2, 0.25) is 0 Å². The third kappa shape index (κ3) is 6.38. The molecule has 2 amide bonds. The van der Waals surface area contributed by atoms with Gasteiger partial charge in [0.15, 0.2) is 0 Å². The van der Waals surface area contributed by atoms with Gasteiger partial charge in [0.05, 0.1) is 19.9 Å². The van der Waals surface area contributed by atoms with Crippen molar-refractivity contribution in [2.75, 3.05) is 44.1 Å². The van der Waals surface area contributed by atoms with Gasteiger partial charge in [-0.25, -0.2) is 0 Å². The van der Waals surface area contributed by atoms with Gasteiger partial charge in [0.1, 0.15) is 11.5 Å². The summed E-state index contributed by atoms with van der Waals surface area (Å²) in [6, 6.07) is 13.6. The number of nitrogens with one attached hydrogen (secondary N) is 2. The number of methoxy groups -OCH3 is 2. The van der Waals surface area contributed by atoms with Crippen molar-refractivity contribution in [3.63, 3.8) is 0 Å². The molecule has 0 radical (unpaired) electrons. The molecular weight excluding hydrogens is 394 g/mol. The lowest BCUT2D eigenvalue weighted by Crippen LogP contribution is -2.36. The maximum atomic E-state index is 12.2. The molecule has 3 rings (SSSR count). The topological polar surface area (TPSA) is 79.9 Å². The Bertz CT molecular complexity index is 877. The number of carbonyl (C=O) groups excluding carboxylic acids is 2. The molecule has 31 heavy (non-hydrogen) atoms. The molecule has 2 N–H and O–H groups in total. The van der Waals surface area contributed by atoms with Crippen LogP contribution in [0.2, 0.25) is 0 Å². The Morgan fingerprint density at radius 2 is 1.68 bits per heavy atom. The van der Waals surface area contributed by atoms with E-state index in [1.165, 1.54) is 37.6 Å². The monoisotopic (exact) mass is 425 g/mol. The fraction of sp³-hybridized carbons (Fsp3) is 0.417. The van der Waals surface area contributed by atoms with Crippen LogP contribution >= 0.6 is 0 Å². The van der Waals surface area contributed by atoms with Crippen LogP contribution in [0.3, 0.4) is 0 Å². The molecule has 1 aliphatic heterocycles. The lowest BCUT2D eigenvalue weighted by molar-refractivity contribution is -0.136. The van der Waals surface area contributed by atoms with Crippen LogP contribution < -0.4 is 25.0 Å². The molecule has 0 aliphatic carbocycles. The number of amides is 2. The first-order chi connectivity index (χ1) is 15.1. The summed E-state index contributed by atoms with van der Waals surface area (Å²) in [5.41, 5.74) is 2.92. The molecule has 0 saturated carbocycles. The summed E-state index contributed by atoms with van der Waals surface area (Å²) in [4.78, 5) is 26.7. The maximum Gasteiger partial charge on any atom is 0.313 e. The van der Waals surface area contributed by atoms with Crippen molar-refractivity contribution in [1.29, 1.82) is 0 Å². The van der Waals surface area contributed by atoms with Gasteiger partial charge in [-0.2, -0.15) is 0 Å². The molecule has 7 heteroatoms. The van der Waals surface area contributed by atoms with Gasteiger partial charge in [-0.1, -0.05) is 12.1 Å². The molecule has 2 aromatic carbocycles. The van der Waals surface area contributed by atoms with Crippen molar-refractivity contribution in [2.24, 2.45) is 0 Å². The first-order valence-corrected chi connectivity index (χ1v) is 10.8. The van der Waals surface area contributed by atoms with E-state index in [4.69, 9.17) is 9.47 Å². The fourth-order valence-electron chi connectivity index (χ4n) is 3.68. The van der Waals surface area contributed by atoms with Crippen molar-refractivity contribution in [2.45, 2.75) is 32.1 Å². The van der Waals surface area contributed by atoms with Gasteiger partial charge in [-0.15, -0.1) is 0 Å². The molecular formula is C24H31N3O4. The third-order valence-corrected chi connectivity index (χ3v) is 5.45. The number of rotatable bonds is 8. The minimum Gasteiger partial charge on any atom is -0.497 e. The molecule has 166 valence electrons. The zero-order chi connectivity index (χ0) is 22.1. The predicted octanol–water partition coefficient (Wildman–Crippen LogP) is 3.38. The van der Waals surface area contributed by atoms with Crippen molar-refractivity contribution >= 4 is 23.2 Å². The number of benzene rings is 2. The second-order valence-electron chi connectivity index (χ2n) is 7.59. The van der Waals surface area contributed by atoms with E-state index in [-0.39, 0.29) is 0 Å². The Morgan fingerprint density at radius 1 is 0.935 bits per heavy atom. The number of anilines is 2. The van der Waals surface area contributed by atoms with Crippen molar-refractivity contribution < 1.29 is 19.1 Å². The zero-order valence-corrected chi connectivity index (χ0v) is 18.3. The van der Waals surface area contributed by atoms with E-state index in [0.717, 1.165) is 25.9 Å². The fourth-order valence-corrected chi connectivity index (χ4v) is 3.68. The smallest absolute Gasteiger partial charge is 0.313 e. The summed E-state index contributed by atoms with van der Waals surface area (Å²) in [5.74, 6) is -0.371. The van der Waals surface area contributed by atoms with E-state index < -0.39 is 11.8 Å². The van der Waals surface area contributed by atoms with Crippen LogP contribution in [0.4, 0.5) is 11.4 Å². The van der Waals surface area contributed by atoms with E-state index in [2.05, 4.69) is 39.8 Å². The molecule has 1 heterocycles. The van der Waals surface area contributed by atoms with Crippen molar-refractivity contribution in [1.82, 2.24) is 5.32 Å². The standard InChI is InChI=1S/C24H31N3O4/c1-30-20-12-13-21(22(17-20)31-2)26-24(29)23(28)25-14-6-7-18-8-10-19(11-9-18)27-15-4-3-5-16-27/h8-13,17H,3-7,14-16H2,1-2H3,(H,25,28)(H,26,29). The number of hydrogen-bond donors (Lipinski definition) is 2. The normalized spacial score (nSPS) is 13.4. The lowest BCUT2D eigenvalue weighted by Gasteiger charge is -2.28. The maximum absolute atomic E-state index is 12.2. The van der Waals surface area contributed by atoms with Crippen molar-refractivity contribution in [3.05, 3.63) is 48.0 Å². The first kappa shape index (κ1) is 22.5. The van der Waals surface area contributed by atoms with E-state index in [1.54, 1.807) is 25.3 Å². The Labute approximate surface area is 183 Å². The van der Waals surface area contributed by atoms with Gasteiger partial charge in [0, 0.05) is 31.4 Å². The lowest BCUT2D eigenvalue weighted by atomic mass is 10.1. The van der Waals surface area contributed by atoms with Gasteiger partial charge < -0.3 is 25.0 Å². The number of carbonyl (C=O) groups is 2. The van der Waals surface area contributed by atoms with Crippen LogP contribution in [0.1, 0.15) is 31.2 Å². The summed E-state index contributed by atoms with van der Waals surface area (Å²) < 4.78 is 10.4. The quantitative estimate of drug-likeness (QED) is 0.501. The average molecular weight is 426 g/mol. The van der Waals surface area contributed by atoms with E-state index >= 15 is 0 Å². The summed E-state index contributed by atoms with van der Waals surface area (Å²) in [6.45, 7) is 2.70. The predicted molar refractivity (Wildman–Crippen MR) is 122 cm³/mol. The largest absolute Gasteiger partial charge is 0.497 e. The number of piperidine rings is 1. The van der Waals surface area contributed by atoms with Gasteiger partial charge >= 0.3 is 11.8 Å². The molecule has 0 bridgehead atoms. The second-order valence-corrected chi connectivity index (χ2v) is 7.59. The van der Waals surface area contributed by atoms with E-state index in [9.17, 15) is 9.59 Å². The molecule has 0 atom stereocenters. The zero-order valence-electron chi connectivity index (χ0n) is 18.3. The first-order valence-electron chi connectivity index (χ1n) is 10.8. The Morgan fingerprint density at radius 3 is 2.35 bits per heavy atom. The van der Waals surface area contributed by atoms with Gasteiger partial charge in [-0.3, -0.25) is 9.59 Å².